The summed E-state index contributed by atoms with van der Waals surface area (Å²) in [6.07, 6.45) is 5.89. The molecule has 2 heterocycles. The average molecular weight is 284 g/mol. The molecule has 5 nitrogen and oxygen atoms in total. The molecular weight excluding hydrogens is 264 g/mol. The van der Waals surface area contributed by atoms with Crippen molar-refractivity contribution >= 4 is 5.95 Å². The van der Waals surface area contributed by atoms with Crippen LogP contribution in [0.25, 0.3) is 0 Å². The van der Waals surface area contributed by atoms with Crippen molar-refractivity contribution in [3.05, 3.63) is 48.3 Å². The molecule has 1 aliphatic rings. The maximum Gasteiger partial charge on any atom is 0.222 e. The lowest BCUT2D eigenvalue weighted by molar-refractivity contribution is 0.171. The zero-order chi connectivity index (χ0) is 14.3. The molecule has 2 aromatic rings. The van der Waals surface area contributed by atoms with Crippen LogP contribution in [0, 0.1) is 0 Å². The fraction of sp³-hybridized carbons (Fsp3) is 0.375. The number of nitrogens with zero attached hydrogens (tertiary/aromatic N) is 2. The van der Waals surface area contributed by atoms with E-state index in [-0.39, 0.29) is 6.10 Å². The maximum absolute atomic E-state index is 5.99. The quantitative estimate of drug-likeness (QED) is 0.793. The van der Waals surface area contributed by atoms with Crippen LogP contribution >= 0.6 is 0 Å². The van der Waals surface area contributed by atoms with Gasteiger partial charge in [0.15, 0.2) is 0 Å². The molecule has 0 spiro atoms. The number of benzene rings is 1. The molecular formula is C16H20N4O. The minimum Gasteiger partial charge on any atom is -0.489 e. The number of fused-ring (bicyclic) bond motifs is 1. The Labute approximate surface area is 124 Å². The van der Waals surface area contributed by atoms with E-state index in [0.29, 0.717) is 5.95 Å². The Kier molecular flexibility index (Phi) is 4.63. The highest BCUT2D eigenvalue weighted by atomic mass is 16.5. The third-order valence-electron chi connectivity index (χ3n) is 3.52. The Morgan fingerprint density at radius 2 is 1.95 bits per heavy atom. The fourth-order valence-corrected chi connectivity index (χ4v) is 2.44. The van der Waals surface area contributed by atoms with Crippen LogP contribution in [0.3, 0.4) is 0 Å². The molecule has 3 rings (SSSR count). The van der Waals surface area contributed by atoms with Gasteiger partial charge in [-0.1, -0.05) is 18.2 Å². The van der Waals surface area contributed by atoms with Gasteiger partial charge in [-0.05, 0) is 30.5 Å². The molecule has 0 saturated heterocycles. The van der Waals surface area contributed by atoms with Crippen molar-refractivity contribution in [3.8, 4) is 5.75 Å². The summed E-state index contributed by atoms with van der Waals surface area (Å²) >= 11 is 0. The predicted octanol–water partition coefficient (Wildman–Crippen LogP) is 1.87. The fourth-order valence-electron chi connectivity index (χ4n) is 2.44. The van der Waals surface area contributed by atoms with Gasteiger partial charge in [0.25, 0.3) is 0 Å². The van der Waals surface area contributed by atoms with Gasteiger partial charge in [-0.25, -0.2) is 9.97 Å². The van der Waals surface area contributed by atoms with Gasteiger partial charge in [0.05, 0.1) is 0 Å². The van der Waals surface area contributed by atoms with Crippen LogP contribution in [0.5, 0.6) is 5.75 Å². The van der Waals surface area contributed by atoms with E-state index in [1.165, 1.54) is 5.56 Å². The van der Waals surface area contributed by atoms with E-state index in [1.54, 1.807) is 12.4 Å². The minimum absolute atomic E-state index is 0.257. The minimum atomic E-state index is 0.257. The summed E-state index contributed by atoms with van der Waals surface area (Å²) in [6, 6.07) is 10.1. The number of rotatable bonds is 6. The molecule has 0 saturated carbocycles. The highest BCUT2D eigenvalue weighted by Gasteiger charge is 2.18. The van der Waals surface area contributed by atoms with Crippen LogP contribution in [-0.2, 0) is 6.42 Å². The number of aromatic nitrogens is 2. The Balaban J connectivity index is 1.35. The molecule has 2 N–H and O–H groups in total. The van der Waals surface area contributed by atoms with Crippen molar-refractivity contribution in [2.24, 2.45) is 0 Å². The van der Waals surface area contributed by atoms with E-state index in [9.17, 15) is 0 Å². The lowest BCUT2D eigenvalue weighted by Gasteiger charge is -2.26. The normalized spacial score (nSPS) is 16.9. The van der Waals surface area contributed by atoms with Gasteiger partial charge in [0.2, 0.25) is 5.95 Å². The van der Waals surface area contributed by atoms with Gasteiger partial charge in [0, 0.05) is 32.0 Å². The van der Waals surface area contributed by atoms with Crippen molar-refractivity contribution in [2.75, 3.05) is 25.0 Å². The number of hydrogen-bond acceptors (Lipinski definition) is 5. The zero-order valence-corrected chi connectivity index (χ0v) is 12.0. The average Bonchev–Trinajstić information content (AvgIpc) is 2.55. The largest absolute Gasteiger partial charge is 0.489 e. The number of aryl methyl sites for hydroxylation is 1. The van der Waals surface area contributed by atoms with Gasteiger partial charge in [0.1, 0.15) is 11.9 Å². The third-order valence-corrected chi connectivity index (χ3v) is 3.52. The second kappa shape index (κ2) is 7.04. The molecule has 0 fully saturated rings. The summed E-state index contributed by atoms with van der Waals surface area (Å²) in [5.74, 6) is 1.70. The third kappa shape index (κ3) is 3.92. The Hall–Kier alpha value is -2.14. The van der Waals surface area contributed by atoms with Gasteiger partial charge in [-0.2, -0.15) is 0 Å². The number of ether oxygens (including phenoxy) is 1. The first-order valence-electron chi connectivity index (χ1n) is 7.38. The van der Waals surface area contributed by atoms with Crippen molar-refractivity contribution < 1.29 is 4.74 Å². The summed E-state index contributed by atoms with van der Waals surface area (Å²) in [7, 11) is 0. The summed E-state index contributed by atoms with van der Waals surface area (Å²) in [5, 5.41) is 6.59. The van der Waals surface area contributed by atoms with Gasteiger partial charge in [-0.15, -0.1) is 0 Å². The topological polar surface area (TPSA) is 59.1 Å². The molecule has 1 atom stereocenters. The zero-order valence-electron chi connectivity index (χ0n) is 12.0. The number of nitrogens with one attached hydrogen (secondary N) is 2. The van der Waals surface area contributed by atoms with E-state index in [0.717, 1.165) is 38.2 Å². The lowest BCUT2D eigenvalue weighted by Crippen LogP contribution is -2.36. The Bertz CT molecular complexity index is 561. The second-order valence-electron chi connectivity index (χ2n) is 5.09. The van der Waals surface area contributed by atoms with Gasteiger partial charge < -0.3 is 15.4 Å². The van der Waals surface area contributed by atoms with Crippen LogP contribution in [0.1, 0.15) is 12.0 Å². The summed E-state index contributed by atoms with van der Waals surface area (Å²) in [6.45, 7) is 2.53. The van der Waals surface area contributed by atoms with E-state index < -0.39 is 0 Å². The molecule has 5 heteroatoms. The lowest BCUT2D eigenvalue weighted by atomic mass is 10.0. The highest BCUT2D eigenvalue weighted by Crippen LogP contribution is 2.26. The van der Waals surface area contributed by atoms with E-state index in [4.69, 9.17) is 4.74 Å². The van der Waals surface area contributed by atoms with Crippen LogP contribution in [0.15, 0.2) is 42.7 Å². The monoisotopic (exact) mass is 284 g/mol. The maximum atomic E-state index is 5.99. The summed E-state index contributed by atoms with van der Waals surface area (Å²) in [5.41, 5.74) is 1.32. The molecule has 1 aliphatic heterocycles. The van der Waals surface area contributed by atoms with E-state index in [2.05, 4.69) is 38.8 Å². The molecule has 0 bridgehead atoms. The standard InChI is InChI=1S/C16H20N4O/c1-2-5-15-13(4-1)6-7-14(21-15)12-17-10-11-20-16-18-8-3-9-19-16/h1-5,8-9,14,17H,6-7,10-12H2,(H,18,19,20). The SMILES string of the molecule is c1cnc(NCCNCC2CCc3ccccc3O2)nc1. The smallest absolute Gasteiger partial charge is 0.222 e. The van der Waals surface area contributed by atoms with Crippen LogP contribution < -0.4 is 15.4 Å². The molecule has 110 valence electrons. The van der Waals surface area contributed by atoms with Crippen LogP contribution in [0.4, 0.5) is 5.95 Å². The molecule has 0 aliphatic carbocycles. The van der Waals surface area contributed by atoms with Crippen LogP contribution in [-0.4, -0.2) is 35.7 Å². The van der Waals surface area contributed by atoms with Crippen LogP contribution in [0.2, 0.25) is 0 Å². The molecule has 1 unspecified atom stereocenters. The van der Waals surface area contributed by atoms with Gasteiger partial charge in [-0.3, -0.25) is 0 Å². The van der Waals surface area contributed by atoms with E-state index >= 15 is 0 Å². The van der Waals surface area contributed by atoms with Crippen molar-refractivity contribution in [2.45, 2.75) is 18.9 Å². The molecule has 1 aromatic heterocycles. The first-order valence-corrected chi connectivity index (χ1v) is 7.38. The first-order chi connectivity index (χ1) is 10.4. The predicted molar refractivity (Wildman–Crippen MR) is 82.6 cm³/mol. The highest BCUT2D eigenvalue weighted by molar-refractivity contribution is 5.35. The first kappa shape index (κ1) is 13.8. The molecule has 21 heavy (non-hydrogen) atoms. The van der Waals surface area contributed by atoms with Crippen molar-refractivity contribution in [3.63, 3.8) is 0 Å². The van der Waals surface area contributed by atoms with Gasteiger partial charge >= 0.3 is 0 Å². The second-order valence-corrected chi connectivity index (χ2v) is 5.09. The molecule has 0 radical (unpaired) electrons. The number of anilines is 1. The molecule has 1 aromatic carbocycles. The number of hydrogen-bond donors (Lipinski definition) is 2. The summed E-state index contributed by atoms with van der Waals surface area (Å²) < 4.78 is 5.99. The van der Waals surface area contributed by atoms with Crippen molar-refractivity contribution in [1.82, 2.24) is 15.3 Å². The molecule has 0 amide bonds. The number of para-hydroxylation sites is 1. The summed E-state index contributed by atoms with van der Waals surface area (Å²) in [4.78, 5) is 8.23. The Morgan fingerprint density at radius 3 is 2.86 bits per heavy atom. The van der Waals surface area contributed by atoms with E-state index in [1.807, 2.05) is 12.1 Å². The van der Waals surface area contributed by atoms with Crippen molar-refractivity contribution in [1.29, 1.82) is 0 Å². The Morgan fingerprint density at radius 1 is 1.10 bits per heavy atom.